The Balaban J connectivity index is 1.71. The van der Waals surface area contributed by atoms with Crippen molar-refractivity contribution in [1.82, 2.24) is 0 Å². The van der Waals surface area contributed by atoms with Crippen LogP contribution < -0.4 is 19.5 Å². The van der Waals surface area contributed by atoms with Crippen molar-refractivity contribution < 1.29 is 32.5 Å². The molecule has 186 valence electrons. The summed E-state index contributed by atoms with van der Waals surface area (Å²) in [5.41, 5.74) is 5.48. The summed E-state index contributed by atoms with van der Waals surface area (Å²) in [6.07, 6.45) is -0.860. The SMILES string of the molecule is COc1c(O)ccc2c1-c1ccc3c(c1C(=Cc1ccc(OC(F)(F)F)cc1)O2)C(C)=CC(C)(C)N3. The van der Waals surface area contributed by atoms with Crippen LogP contribution in [0.1, 0.15) is 37.5 Å². The minimum absolute atomic E-state index is 0.0114. The van der Waals surface area contributed by atoms with E-state index in [0.29, 0.717) is 28.4 Å². The third-order valence-corrected chi connectivity index (χ3v) is 6.08. The molecular weight excluding hydrogens is 471 g/mol. The van der Waals surface area contributed by atoms with E-state index in [1.807, 2.05) is 19.1 Å². The maximum absolute atomic E-state index is 12.6. The predicted molar refractivity (Wildman–Crippen MR) is 133 cm³/mol. The lowest BCUT2D eigenvalue weighted by Gasteiger charge is -2.35. The van der Waals surface area contributed by atoms with Gasteiger partial charge in [-0.25, -0.2) is 0 Å². The molecule has 3 aromatic carbocycles. The molecule has 36 heavy (non-hydrogen) atoms. The number of nitrogens with one attached hydrogen (secondary N) is 1. The van der Waals surface area contributed by atoms with E-state index in [1.54, 1.807) is 12.1 Å². The molecule has 0 saturated heterocycles. The van der Waals surface area contributed by atoms with Gasteiger partial charge in [0.2, 0.25) is 0 Å². The molecule has 0 fully saturated rings. The Kier molecular flexibility index (Phi) is 5.43. The molecule has 0 radical (unpaired) electrons. The average Bonchev–Trinajstić information content (AvgIpc) is 2.78. The summed E-state index contributed by atoms with van der Waals surface area (Å²) < 4.78 is 53.6. The second-order valence-electron chi connectivity index (χ2n) is 9.30. The topological polar surface area (TPSA) is 60.0 Å². The number of aromatic hydroxyl groups is 1. The van der Waals surface area contributed by atoms with Gasteiger partial charge in [0.05, 0.1) is 18.2 Å². The van der Waals surface area contributed by atoms with Crippen LogP contribution in [0.2, 0.25) is 0 Å². The first-order valence-electron chi connectivity index (χ1n) is 11.3. The average molecular weight is 495 g/mol. The highest BCUT2D eigenvalue weighted by atomic mass is 19.4. The molecule has 0 saturated carbocycles. The van der Waals surface area contributed by atoms with Crippen molar-refractivity contribution >= 4 is 23.1 Å². The van der Waals surface area contributed by atoms with Gasteiger partial charge in [-0.1, -0.05) is 24.3 Å². The van der Waals surface area contributed by atoms with Crippen molar-refractivity contribution in [3.63, 3.8) is 0 Å². The molecule has 5 nitrogen and oxygen atoms in total. The Morgan fingerprint density at radius 1 is 0.972 bits per heavy atom. The fraction of sp³-hybridized carbons (Fsp3) is 0.214. The zero-order valence-electron chi connectivity index (χ0n) is 20.1. The first-order chi connectivity index (χ1) is 17.0. The van der Waals surface area contributed by atoms with Gasteiger partial charge >= 0.3 is 6.36 Å². The molecule has 0 bridgehead atoms. The van der Waals surface area contributed by atoms with Crippen molar-refractivity contribution in [2.45, 2.75) is 32.7 Å². The highest BCUT2D eigenvalue weighted by Crippen LogP contribution is 2.54. The van der Waals surface area contributed by atoms with Gasteiger partial charge in [0.1, 0.15) is 17.3 Å². The van der Waals surface area contributed by atoms with Gasteiger partial charge in [0.15, 0.2) is 11.5 Å². The number of phenols is 1. The number of ether oxygens (including phenoxy) is 3. The van der Waals surface area contributed by atoms with E-state index in [-0.39, 0.29) is 17.0 Å². The molecular formula is C28H24F3NO4. The predicted octanol–water partition coefficient (Wildman–Crippen LogP) is 7.46. The lowest BCUT2D eigenvalue weighted by atomic mass is 9.83. The quantitative estimate of drug-likeness (QED) is 0.395. The lowest BCUT2D eigenvalue weighted by Crippen LogP contribution is -2.32. The van der Waals surface area contributed by atoms with Crippen LogP contribution in [-0.2, 0) is 0 Å². The van der Waals surface area contributed by atoms with Crippen molar-refractivity contribution in [2.24, 2.45) is 0 Å². The molecule has 2 heterocycles. The summed E-state index contributed by atoms with van der Waals surface area (Å²) in [5.74, 6) is 0.990. The summed E-state index contributed by atoms with van der Waals surface area (Å²) in [4.78, 5) is 0. The number of anilines is 1. The molecule has 5 rings (SSSR count). The summed E-state index contributed by atoms with van der Waals surface area (Å²) in [6, 6.07) is 12.7. The molecule has 0 aromatic heterocycles. The van der Waals surface area contributed by atoms with Crippen LogP contribution in [0.25, 0.3) is 28.5 Å². The van der Waals surface area contributed by atoms with E-state index < -0.39 is 6.36 Å². The van der Waals surface area contributed by atoms with E-state index in [4.69, 9.17) is 9.47 Å². The number of hydrogen-bond acceptors (Lipinski definition) is 5. The second-order valence-corrected chi connectivity index (χ2v) is 9.30. The lowest BCUT2D eigenvalue weighted by molar-refractivity contribution is -0.274. The Bertz CT molecular complexity index is 1420. The summed E-state index contributed by atoms with van der Waals surface area (Å²) in [7, 11) is 1.48. The molecule has 2 aliphatic rings. The van der Waals surface area contributed by atoms with E-state index in [0.717, 1.165) is 28.0 Å². The Morgan fingerprint density at radius 3 is 2.36 bits per heavy atom. The smallest absolute Gasteiger partial charge is 0.504 e. The molecule has 2 N–H and O–H groups in total. The van der Waals surface area contributed by atoms with Crippen LogP contribution in [0.5, 0.6) is 23.0 Å². The van der Waals surface area contributed by atoms with Crippen LogP contribution in [0.3, 0.4) is 0 Å². The first-order valence-corrected chi connectivity index (χ1v) is 11.3. The number of fused-ring (bicyclic) bond motifs is 5. The normalized spacial score (nSPS) is 16.6. The molecule has 0 atom stereocenters. The molecule has 3 aromatic rings. The number of alkyl halides is 3. The monoisotopic (exact) mass is 495 g/mol. The standard InChI is InChI=1S/C28H24F3NO4/c1-15-14-27(2,3)32-19-10-9-18-24(23(15)19)22(35-21-12-11-20(33)26(34-4)25(18)21)13-16-5-7-17(8-6-16)36-28(29,30)31/h5-14,32-33H,1-4H3. The zero-order chi connectivity index (χ0) is 25.8. The maximum atomic E-state index is 12.6. The Morgan fingerprint density at radius 2 is 1.69 bits per heavy atom. The highest BCUT2D eigenvalue weighted by Gasteiger charge is 2.34. The van der Waals surface area contributed by atoms with E-state index in [2.05, 4.69) is 30.0 Å². The fourth-order valence-corrected chi connectivity index (χ4v) is 4.87. The minimum atomic E-state index is -4.76. The number of hydrogen-bond donors (Lipinski definition) is 2. The van der Waals surface area contributed by atoms with Crippen LogP contribution in [0.15, 0.2) is 54.6 Å². The van der Waals surface area contributed by atoms with Gasteiger partial charge in [0.25, 0.3) is 0 Å². The van der Waals surface area contributed by atoms with Gasteiger partial charge in [0, 0.05) is 22.4 Å². The molecule has 0 spiro atoms. The van der Waals surface area contributed by atoms with Crippen LogP contribution in [0.4, 0.5) is 18.9 Å². The second kappa shape index (κ2) is 8.26. The van der Waals surface area contributed by atoms with E-state index in [9.17, 15) is 18.3 Å². The maximum Gasteiger partial charge on any atom is 0.573 e. The van der Waals surface area contributed by atoms with Gasteiger partial charge in [-0.15, -0.1) is 13.2 Å². The molecule has 0 amide bonds. The number of phenolic OH excluding ortho intramolecular Hbond substituents is 1. The number of rotatable bonds is 3. The molecule has 8 heteroatoms. The summed E-state index contributed by atoms with van der Waals surface area (Å²) >= 11 is 0. The largest absolute Gasteiger partial charge is 0.573 e. The minimum Gasteiger partial charge on any atom is -0.504 e. The Labute approximate surface area is 206 Å². The Hall–Kier alpha value is -4.07. The number of methoxy groups -OCH3 is 1. The molecule has 0 aliphatic carbocycles. The number of allylic oxidation sites excluding steroid dienone is 1. The molecule has 2 aliphatic heterocycles. The zero-order valence-corrected chi connectivity index (χ0v) is 20.1. The number of halogens is 3. The van der Waals surface area contributed by atoms with Crippen molar-refractivity contribution in [3.05, 3.63) is 71.3 Å². The van der Waals surface area contributed by atoms with Gasteiger partial charge in [-0.2, -0.15) is 0 Å². The first kappa shape index (κ1) is 23.7. The number of benzene rings is 3. The fourth-order valence-electron chi connectivity index (χ4n) is 4.87. The molecule has 0 unspecified atom stereocenters. The summed E-state index contributed by atoms with van der Waals surface area (Å²) in [6.45, 7) is 6.18. The van der Waals surface area contributed by atoms with Crippen molar-refractivity contribution in [3.8, 4) is 34.1 Å². The highest BCUT2D eigenvalue weighted by molar-refractivity contribution is 6.02. The van der Waals surface area contributed by atoms with Crippen molar-refractivity contribution in [2.75, 3.05) is 12.4 Å². The van der Waals surface area contributed by atoms with Gasteiger partial charge in [-0.3, -0.25) is 0 Å². The van der Waals surface area contributed by atoms with Crippen LogP contribution in [-0.4, -0.2) is 24.1 Å². The van der Waals surface area contributed by atoms with Crippen molar-refractivity contribution in [1.29, 1.82) is 0 Å². The third kappa shape index (κ3) is 4.23. The van der Waals surface area contributed by atoms with Crippen LogP contribution in [0, 0.1) is 0 Å². The van der Waals surface area contributed by atoms with Gasteiger partial charge < -0.3 is 24.6 Å². The summed E-state index contributed by atoms with van der Waals surface area (Å²) in [5, 5.41) is 14.0. The van der Waals surface area contributed by atoms with E-state index >= 15 is 0 Å². The van der Waals surface area contributed by atoms with E-state index in [1.165, 1.54) is 37.4 Å². The third-order valence-electron chi connectivity index (χ3n) is 6.08. The van der Waals surface area contributed by atoms with Gasteiger partial charge in [-0.05, 0) is 68.3 Å². The van der Waals surface area contributed by atoms with Crippen LogP contribution >= 0.6 is 0 Å².